The van der Waals surface area contributed by atoms with E-state index >= 15 is 0 Å². The molecule has 5 nitrogen and oxygen atoms in total. The average Bonchev–Trinajstić information content (AvgIpc) is 2.94. The Bertz CT molecular complexity index is 577. The number of rotatable bonds is 7. The van der Waals surface area contributed by atoms with Crippen molar-refractivity contribution in [3.63, 3.8) is 0 Å². The maximum Gasteiger partial charge on any atom is 0.243 e. The van der Waals surface area contributed by atoms with Crippen LogP contribution >= 0.6 is 0 Å². The minimum Gasteiger partial charge on any atom is -0.383 e. The lowest BCUT2D eigenvalue weighted by Gasteiger charge is -2.28. The molecule has 1 aliphatic heterocycles. The van der Waals surface area contributed by atoms with E-state index in [1.807, 2.05) is 7.05 Å². The lowest BCUT2D eigenvalue weighted by molar-refractivity contribution is 0.151. The number of likely N-dealkylation sites (N-methyl/N-ethyl adjacent to an activating group) is 1. The molecule has 0 N–H and O–H groups in total. The summed E-state index contributed by atoms with van der Waals surface area (Å²) in [6.45, 7) is 2.57. The Morgan fingerprint density at radius 1 is 1.36 bits per heavy atom. The predicted octanol–water partition coefficient (Wildman–Crippen LogP) is 1.56. The summed E-state index contributed by atoms with van der Waals surface area (Å²) in [6.07, 6.45) is 1.70. The van der Waals surface area contributed by atoms with E-state index in [0.717, 1.165) is 19.4 Å². The number of sulfonamides is 1. The van der Waals surface area contributed by atoms with Crippen LogP contribution in [0.4, 0.5) is 4.39 Å². The Balaban J connectivity index is 2.10. The molecule has 1 aromatic rings. The van der Waals surface area contributed by atoms with Gasteiger partial charge in [0.05, 0.1) is 11.5 Å². The van der Waals surface area contributed by atoms with Crippen molar-refractivity contribution >= 4 is 10.0 Å². The van der Waals surface area contributed by atoms with Gasteiger partial charge in [0.2, 0.25) is 10.0 Å². The SMILES string of the molecule is COCCN(C)CC1CCCN1S(=O)(=O)c1ccc(F)cc1. The van der Waals surface area contributed by atoms with Crippen LogP contribution in [0, 0.1) is 5.82 Å². The zero-order valence-electron chi connectivity index (χ0n) is 13.0. The van der Waals surface area contributed by atoms with Gasteiger partial charge >= 0.3 is 0 Å². The lowest BCUT2D eigenvalue weighted by atomic mass is 10.2. The molecule has 1 atom stereocenters. The number of ether oxygens (including phenoxy) is 1. The Kier molecular flexibility index (Phi) is 5.91. The summed E-state index contributed by atoms with van der Waals surface area (Å²) in [5.41, 5.74) is 0. The molecule has 0 saturated carbocycles. The van der Waals surface area contributed by atoms with Crippen molar-refractivity contribution in [2.45, 2.75) is 23.8 Å². The molecule has 7 heteroatoms. The van der Waals surface area contributed by atoms with Crippen molar-refractivity contribution in [3.8, 4) is 0 Å². The summed E-state index contributed by atoms with van der Waals surface area (Å²) < 4.78 is 45.0. The van der Waals surface area contributed by atoms with Crippen molar-refractivity contribution < 1.29 is 17.5 Å². The summed E-state index contributed by atoms with van der Waals surface area (Å²) in [5, 5.41) is 0. The molecule has 124 valence electrons. The number of nitrogens with zero attached hydrogens (tertiary/aromatic N) is 2. The Hall–Kier alpha value is -1.02. The van der Waals surface area contributed by atoms with Gasteiger partial charge in [-0.3, -0.25) is 0 Å². The molecule has 0 radical (unpaired) electrons. The van der Waals surface area contributed by atoms with Crippen molar-refractivity contribution in [2.75, 3.05) is 40.4 Å². The summed E-state index contributed by atoms with van der Waals surface area (Å²) in [7, 11) is 0.0439. The van der Waals surface area contributed by atoms with Crippen molar-refractivity contribution in [1.29, 1.82) is 0 Å². The Labute approximate surface area is 131 Å². The molecule has 0 aromatic heterocycles. The fourth-order valence-corrected chi connectivity index (χ4v) is 4.43. The first-order valence-electron chi connectivity index (χ1n) is 7.40. The van der Waals surface area contributed by atoms with Gasteiger partial charge < -0.3 is 9.64 Å². The van der Waals surface area contributed by atoms with Gasteiger partial charge in [-0.25, -0.2) is 12.8 Å². The second-order valence-electron chi connectivity index (χ2n) is 5.62. The summed E-state index contributed by atoms with van der Waals surface area (Å²) in [5.74, 6) is -0.434. The van der Waals surface area contributed by atoms with Crippen LogP contribution in [0.2, 0.25) is 0 Å². The average molecular weight is 330 g/mol. The smallest absolute Gasteiger partial charge is 0.243 e. The van der Waals surface area contributed by atoms with Crippen LogP contribution in [0.3, 0.4) is 0 Å². The molecular formula is C15H23FN2O3S. The molecule has 0 amide bonds. The molecule has 1 saturated heterocycles. The third kappa shape index (κ3) is 4.04. The van der Waals surface area contributed by atoms with E-state index in [1.54, 1.807) is 11.4 Å². The number of hydrogen-bond acceptors (Lipinski definition) is 4. The number of halogens is 1. The van der Waals surface area contributed by atoms with Crippen molar-refractivity contribution in [2.24, 2.45) is 0 Å². The minimum atomic E-state index is -3.56. The minimum absolute atomic E-state index is 0.0445. The van der Waals surface area contributed by atoms with Gasteiger partial charge in [0.1, 0.15) is 5.82 Å². The van der Waals surface area contributed by atoms with E-state index < -0.39 is 15.8 Å². The molecule has 0 spiro atoms. The van der Waals surface area contributed by atoms with E-state index in [2.05, 4.69) is 4.90 Å². The van der Waals surface area contributed by atoms with Crippen molar-refractivity contribution in [3.05, 3.63) is 30.1 Å². The van der Waals surface area contributed by atoms with Gasteiger partial charge in [-0.15, -0.1) is 0 Å². The zero-order valence-corrected chi connectivity index (χ0v) is 13.9. The topological polar surface area (TPSA) is 49.9 Å². The molecule has 1 aromatic carbocycles. The lowest BCUT2D eigenvalue weighted by Crippen LogP contribution is -2.42. The molecule has 1 fully saturated rings. The second kappa shape index (κ2) is 7.50. The quantitative estimate of drug-likeness (QED) is 0.761. The van der Waals surface area contributed by atoms with Crippen LogP contribution in [0.15, 0.2) is 29.2 Å². The maximum absolute atomic E-state index is 13.0. The molecule has 1 unspecified atom stereocenters. The molecule has 0 bridgehead atoms. The number of methoxy groups -OCH3 is 1. The zero-order chi connectivity index (χ0) is 16.2. The highest BCUT2D eigenvalue weighted by Gasteiger charge is 2.35. The van der Waals surface area contributed by atoms with E-state index in [1.165, 1.54) is 24.3 Å². The van der Waals surface area contributed by atoms with E-state index in [4.69, 9.17) is 4.74 Å². The van der Waals surface area contributed by atoms with Gasteiger partial charge in [0.15, 0.2) is 0 Å². The predicted molar refractivity (Wildman–Crippen MR) is 82.7 cm³/mol. The Morgan fingerprint density at radius 2 is 2.05 bits per heavy atom. The largest absolute Gasteiger partial charge is 0.383 e. The third-order valence-electron chi connectivity index (χ3n) is 3.94. The molecule has 0 aliphatic carbocycles. The summed E-state index contributed by atoms with van der Waals surface area (Å²) in [4.78, 5) is 2.23. The van der Waals surface area contributed by atoms with Gasteiger partial charge in [-0.1, -0.05) is 0 Å². The Morgan fingerprint density at radius 3 is 2.68 bits per heavy atom. The highest BCUT2D eigenvalue weighted by molar-refractivity contribution is 7.89. The van der Waals surface area contributed by atoms with Gasteiger partial charge in [0.25, 0.3) is 0 Å². The van der Waals surface area contributed by atoms with Crippen LogP contribution < -0.4 is 0 Å². The molecule has 1 aliphatic rings. The van der Waals surface area contributed by atoms with Crippen LogP contribution in [-0.4, -0.2) is 64.1 Å². The fraction of sp³-hybridized carbons (Fsp3) is 0.600. The van der Waals surface area contributed by atoms with Gasteiger partial charge in [-0.2, -0.15) is 4.31 Å². The number of hydrogen-bond donors (Lipinski definition) is 0. The first kappa shape index (κ1) is 17.3. The maximum atomic E-state index is 13.0. The van der Waals surface area contributed by atoms with Gasteiger partial charge in [-0.05, 0) is 44.2 Å². The normalized spacial score (nSPS) is 19.9. The monoisotopic (exact) mass is 330 g/mol. The van der Waals surface area contributed by atoms with Gasteiger partial charge in [0, 0.05) is 32.8 Å². The third-order valence-corrected chi connectivity index (χ3v) is 5.91. The second-order valence-corrected chi connectivity index (χ2v) is 7.51. The molecular weight excluding hydrogens is 307 g/mol. The van der Waals surface area contributed by atoms with E-state index in [9.17, 15) is 12.8 Å². The fourth-order valence-electron chi connectivity index (χ4n) is 2.75. The number of benzene rings is 1. The molecule has 1 heterocycles. The first-order valence-corrected chi connectivity index (χ1v) is 8.84. The van der Waals surface area contributed by atoms with Crippen molar-refractivity contribution in [1.82, 2.24) is 9.21 Å². The molecule has 2 rings (SSSR count). The first-order chi connectivity index (χ1) is 10.4. The highest BCUT2D eigenvalue weighted by Crippen LogP contribution is 2.26. The van der Waals surface area contributed by atoms with E-state index in [-0.39, 0.29) is 10.9 Å². The van der Waals surface area contributed by atoms with Crippen LogP contribution in [0.25, 0.3) is 0 Å². The van der Waals surface area contributed by atoms with E-state index in [0.29, 0.717) is 19.7 Å². The van der Waals surface area contributed by atoms with Crippen LogP contribution in [-0.2, 0) is 14.8 Å². The summed E-state index contributed by atoms with van der Waals surface area (Å²) >= 11 is 0. The standard InChI is InChI=1S/C15H23FN2O3S/c1-17(10-11-21-2)12-14-4-3-9-18(14)22(19,20)15-7-5-13(16)6-8-15/h5-8,14H,3-4,9-12H2,1-2H3. The van der Waals surface area contributed by atoms with Crippen LogP contribution in [0.1, 0.15) is 12.8 Å². The summed E-state index contributed by atoms with van der Waals surface area (Å²) in [6, 6.07) is 4.98. The molecule has 22 heavy (non-hydrogen) atoms. The van der Waals surface area contributed by atoms with Crippen LogP contribution in [0.5, 0.6) is 0 Å². The highest BCUT2D eigenvalue weighted by atomic mass is 32.2.